The van der Waals surface area contributed by atoms with Gasteiger partial charge in [-0.1, -0.05) is 44.8 Å². The third-order valence-electron chi connectivity index (χ3n) is 2.15. The molecule has 0 spiro atoms. The molecule has 1 atom stereocenters. The Morgan fingerprint density at radius 3 is 2.79 bits per heavy atom. The number of nitrogens with zero attached hydrogens (tertiary/aromatic N) is 1. The lowest BCUT2D eigenvalue weighted by Crippen LogP contribution is -2.15. The minimum atomic E-state index is 0.344. The van der Waals surface area contributed by atoms with Gasteiger partial charge in [-0.2, -0.15) is 0 Å². The Hall–Kier alpha value is -0.540. The second kappa shape index (κ2) is 4.32. The van der Waals surface area contributed by atoms with Crippen molar-refractivity contribution in [2.75, 3.05) is 11.9 Å². The van der Waals surface area contributed by atoms with Crippen LogP contribution >= 0.6 is 27.5 Å². The number of halogens is 2. The molecular formula is C10H9BrClNO. The van der Waals surface area contributed by atoms with E-state index in [9.17, 15) is 0 Å². The van der Waals surface area contributed by atoms with Crippen molar-refractivity contribution in [3.63, 3.8) is 0 Å². The van der Waals surface area contributed by atoms with Crippen LogP contribution in [-0.4, -0.2) is 17.6 Å². The van der Waals surface area contributed by atoms with Crippen LogP contribution in [0.2, 0.25) is 5.02 Å². The summed E-state index contributed by atoms with van der Waals surface area (Å²) in [6.45, 7) is 0.656. The van der Waals surface area contributed by atoms with Gasteiger partial charge in [0.25, 0.3) is 0 Å². The van der Waals surface area contributed by atoms with Gasteiger partial charge < -0.3 is 4.84 Å². The van der Waals surface area contributed by atoms with Gasteiger partial charge in [0.15, 0.2) is 0 Å². The molecule has 1 aliphatic heterocycles. The molecule has 14 heavy (non-hydrogen) atoms. The van der Waals surface area contributed by atoms with Crippen LogP contribution < -0.4 is 0 Å². The van der Waals surface area contributed by atoms with Gasteiger partial charge in [0.2, 0.25) is 0 Å². The Morgan fingerprint density at radius 2 is 2.14 bits per heavy atom. The molecule has 0 fully saturated rings. The fraction of sp³-hybridized carbons (Fsp3) is 0.300. The molecule has 1 unspecified atom stereocenters. The van der Waals surface area contributed by atoms with Crippen molar-refractivity contribution >= 4 is 33.2 Å². The third kappa shape index (κ3) is 1.93. The topological polar surface area (TPSA) is 21.6 Å². The number of hydrogen-bond donors (Lipinski definition) is 0. The predicted molar refractivity (Wildman–Crippen MR) is 61.2 cm³/mol. The molecule has 0 N–H and O–H groups in total. The second-order valence-corrected chi connectivity index (χ2v) is 4.21. The van der Waals surface area contributed by atoms with Gasteiger partial charge in [0.1, 0.15) is 6.61 Å². The lowest BCUT2D eigenvalue weighted by atomic mass is 10.00. The summed E-state index contributed by atoms with van der Waals surface area (Å²) in [7, 11) is 0. The quantitative estimate of drug-likeness (QED) is 0.760. The number of hydrogen-bond acceptors (Lipinski definition) is 2. The van der Waals surface area contributed by atoms with Crippen LogP contribution in [0.5, 0.6) is 0 Å². The first-order valence-corrected chi connectivity index (χ1v) is 5.83. The molecule has 0 radical (unpaired) electrons. The maximum absolute atomic E-state index is 5.81. The normalized spacial score (nSPS) is 20.4. The number of rotatable bonds is 2. The summed E-state index contributed by atoms with van der Waals surface area (Å²) in [6.07, 6.45) is 0. The van der Waals surface area contributed by atoms with Crippen LogP contribution in [0, 0.1) is 5.92 Å². The van der Waals surface area contributed by atoms with Gasteiger partial charge in [-0.3, -0.25) is 0 Å². The first-order valence-electron chi connectivity index (χ1n) is 4.33. The molecule has 0 saturated heterocycles. The molecule has 1 aliphatic rings. The lowest BCUT2D eigenvalue weighted by Gasteiger charge is -2.05. The number of oxime groups is 1. The van der Waals surface area contributed by atoms with Crippen molar-refractivity contribution in [2.45, 2.75) is 0 Å². The van der Waals surface area contributed by atoms with E-state index in [0.29, 0.717) is 12.5 Å². The van der Waals surface area contributed by atoms with E-state index in [-0.39, 0.29) is 0 Å². The van der Waals surface area contributed by atoms with E-state index in [0.717, 1.165) is 21.6 Å². The highest BCUT2D eigenvalue weighted by atomic mass is 79.9. The summed E-state index contributed by atoms with van der Waals surface area (Å²) in [5.74, 6) is 0.344. The van der Waals surface area contributed by atoms with Gasteiger partial charge in [-0.15, -0.1) is 0 Å². The Labute approximate surface area is 96.0 Å². The standard InChI is InChI=1S/C10H9BrClNO/c11-5-8-6-14-13-10(8)7-1-3-9(12)4-2-7/h1-4,8H,5-6H2. The average molecular weight is 275 g/mol. The maximum atomic E-state index is 5.81. The van der Waals surface area contributed by atoms with E-state index in [2.05, 4.69) is 21.1 Å². The van der Waals surface area contributed by atoms with E-state index in [1.807, 2.05) is 24.3 Å². The first kappa shape index (κ1) is 9.99. The van der Waals surface area contributed by atoms with Crippen molar-refractivity contribution in [3.05, 3.63) is 34.9 Å². The van der Waals surface area contributed by atoms with Crippen molar-refractivity contribution in [1.29, 1.82) is 0 Å². The summed E-state index contributed by atoms with van der Waals surface area (Å²) < 4.78 is 0. The summed E-state index contributed by atoms with van der Waals surface area (Å²) in [5, 5.41) is 5.64. The highest BCUT2D eigenvalue weighted by molar-refractivity contribution is 9.09. The summed E-state index contributed by atoms with van der Waals surface area (Å²) in [5.41, 5.74) is 2.08. The third-order valence-corrected chi connectivity index (χ3v) is 3.19. The fourth-order valence-electron chi connectivity index (χ4n) is 1.38. The van der Waals surface area contributed by atoms with Gasteiger partial charge in [0, 0.05) is 10.4 Å². The molecule has 0 aromatic heterocycles. The van der Waals surface area contributed by atoms with E-state index < -0.39 is 0 Å². The van der Waals surface area contributed by atoms with Crippen LogP contribution in [0.4, 0.5) is 0 Å². The average Bonchev–Trinajstić information content (AvgIpc) is 2.67. The van der Waals surface area contributed by atoms with Crippen molar-refractivity contribution in [1.82, 2.24) is 0 Å². The van der Waals surface area contributed by atoms with Crippen molar-refractivity contribution in [3.8, 4) is 0 Å². The zero-order valence-corrected chi connectivity index (χ0v) is 9.75. The fourth-order valence-corrected chi connectivity index (χ4v) is 2.00. The Morgan fingerprint density at radius 1 is 1.43 bits per heavy atom. The zero-order chi connectivity index (χ0) is 9.97. The Bertz CT molecular complexity index is 350. The van der Waals surface area contributed by atoms with Gasteiger partial charge in [-0.25, -0.2) is 0 Å². The van der Waals surface area contributed by atoms with E-state index in [1.165, 1.54) is 0 Å². The molecule has 0 saturated carbocycles. The largest absolute Gasteiger partial charge is 0.395 e. The molecule has 1 aromatic carbocycles. The minimum Gasteiger partial charge on any atom is -0.395 e. The zero-order valence-electron chi connectivity index (χ0n) is 7.41. The molecule has 1 aromatic rings. The van der Waals surface area contributed by atoms with E-state index in [1.54, 1.807) is 0 Å². The lowest BCUT2D eigenvalue weighted by molar-refractivity contribution is 0.159. The van der Waals surface area contributed by atoms with Gasteiger partial charge in [0.05, 0.1) is 11.6 Å². The van der Waals surface area contributed by atoms with Crippen LogP contribution in [0.15, 0.2) is 29.4 Å². The maximum Gasteiger partial charge on any atom is 0.126 e. The summed E-state index contributed by atoms with van der Waals surface area (Å²) in [6, 6.07) is 7.66. The highest BCUT2D eigenvalue weighted by Gasteiger charge is 2.23. The molecule has 0 bridgehead atoms. The van der Waals surface area contributed by atoms with Crippen LogP contribution in [-0.2, 0) is 4.84 Å². The van der Waals surface area contributed by atoms with Crippen LogP contribution in [0.1, 0.15) is 5.56 Å². The van der Waals surface area contributed by atoms with Gasteiger partial charge >= 0.3 is 0 Å². The molecule has 0 amide bonds. The van der Waals surface area contributed by atoms with Crippen LogP contribution in [0.3, 0.4) is 0 Å². The molecule has 4 heteroatoms. The Kier molecular flexibility index (Phi) is 3.08. The first-order chi connectivity index (χ1) is 6.81. The van der Waals surface area contributed by atoms with E-state index >= 15 is 0 Å². The summed E-state index contributed by atoms with van der Waals surface area (Å²) in [4.78, 5) is 5.07. The highest BCUT2D eigenvalue weighted by Crippen LogP contribution is 2.20. The van der Waals surface area contributed by atoms with Crippen LogP contribution in [0.25, 0.3) is 0 Å². The number of benzene rings is 1. The minimum absolute atomic E-state index is 0.344. The molecule has 74 valence electrons. The summed E-state index contributed by atoms with van der Waals surface area (Å²) >= 11 is 9.25. The number of alkyl halides is 1. The second-order valence-electron chi connectivity index (χ2n) is 3.13. The molecule has 2 rings (SSSR count). The molecule has 2 nitrogen and oxygen atoms in total. The molecular weight excluding hydrogens is 265 g/mol. The van der Waals surface area contributed by atoms with Gasteiger partial charge in [-0.05, 0) is 17.7 Å². The molecule has 1 heterocycles. The Balaban J connectivity index is 2.26. The monoisotopic (exact) mass is 273 g/mol. The predicted octanol–water partition coefficient (Wildman–Crippen LogP) is 3.09. The SMILES string of the molecule is Clc1ccc(C2=NOCC2CBr)cc1. The van der Waals surface area contributed by atoms with E-state index in [4.69, 9.17) is 16.4 Å². The molecule has 0 aliphatic carbocycles. The van der Waals surface area contributed by atoms with Crippen molar-refractivity contribution in [2.24, 2.45) is 11.1 Å². The smallest absolute Gasteiger partial charge is 0.126 e. The van der Waals surface area contributed by atoms with Crippen molar-refractivity contribution < 1.29 is 4.84 Å².